The lowest BCUT2D eigenvalue weighted by molar-refractivity contribution is 0.381. The van der Waals surface area contributed by atoms with Crippen molar-refractivity contribution >= 4 is 5.71 Å². The summed E-state index contributed by atoms with van der Waals surface area (Å²) in [6.07, 6.45) is 5.91. The van der Waals surface area contributed by atoms with Gasteiger partial charge in [-0.2, -0.15) is 0 Å². The topological polar surface area (TPSA) is 27.1 Å². The summed E-state index contributed by atoms with van der Waals surface area (Å²) >= 11 is 0. The van der Waals surface area contributed by atoms with Crippen molar-refractivity contribution < 1.29 is 0 Å². The molecule has 0 aromatic carbocycles. The van der Waals surface area contributed by atoms with Gasteiger partial charge < -0.3 is 10.3 Å². The lowest BCUT2D eigenvalue weighted by atomic mass is 9.88. The van der Waals surface area contributed by atoms with Crippen molar-refractivity contribution in [2.24, 2.45) is 0 Å². The molecule has 0 aromatic rings. The van der Waals surface area contributed by atoms with Gasteiger partial charge in [0.2, 0.25) is 0 Å². The summed E-state index contributed by atoms with van der Waals surface area (Å²) in [5.74, 6) is 0. The Kier molecular flexibility index (Phi) is 1.91. The summed E-state index contributed by atoms with van der Waals surface area (Å²) < 4.78 is 0. The van der Waals surface area contributed by atoms with E-state index in [1.165, 1.54) is 30.5 Å². The van der Waals surface area contributed by atoms with E-state index in [9.17, 15) is 0 Å². The molecule has 66 valence electrons. The Morgan fingerprint density at radius 2 is 1.92 bits per heavy atom. The minimum atomic E-state index is 0.905. The van der Waals surface area contributed by atoms with Crippen LogP contribution in [0.25, 0.3) is 0 Å². The van der Waals surface area contributed by atoms with Gasteiger partial charge >= 0.3 is 0 Å². The minimum Gasteiger partial charge on any atom is -0.377 e. The number of hydrogen-bond donors (Lipinski definition) is 1. The van der Waals surface area contributed by atoms with Crippen LogP contribution in [-0.2, 0) is 0 Å². The van der Waals surface area contributed by atoms with Crippen molar-refractivity contribution in [1.82, 2.24) is 4.90 Å². The second-order valence-electron chi connectivity index (χ2n) is 3.78. The van der Waals surface area contributed by atoms with E-state index in [2.05, 4.69) is 11.9 Å². The lowest BCUT2D eigenvalue weighted by Gasteiger charge is -2.33. The quantitative estimate of drug-likeness (QED) is 0.583. The molecule has 0 radical (unpaired) electrons. The molecule has 0 saturated carbocycles. The molecule has 1 heterocycles. The van der Waals surface area contributed by atoms with Crippen LogP contribution in [0.5, 0.6) is 0 Å². The van der Waals surface area contributed by atoms with E-state index >= 15 is 0 Å². The molecule has 0 amide bonds. The van der Waals surface area contributed by atoms with Crippen LogP contribution >= 0.6 is 0 Å². The van der Waals surface area contributed by atoms with Gasteiger partial charge in [-0.05, 0) is 31.3 Å². The van der Waals surface area contributed by atoms with E-state index in [0.29, 0.717) is 0 Å². The Morgan fingerprint density at radius 1 is 1.17 bits per heavy atom. The Balaban J connectivity index is 2.33. The maximum atomic E-state index is 7.82. The van der Waals surface area contributed by atoms with E-state index in [0.717, 1.165) is 25.1 Å². The predicted octanol–water partition coefficient (Wildman–Crippen LogP) is 2.17. The second kappa shape index (κ2) is 2.92. The minimum absolute atomic E-state index is 0.905. The van der Waals surface area contributed by atoms with E-state index in [1.54, 1.807) is 0 Å². The van der Waals surface area contributed by atoms with Crippen molar-refractivity contribution in [3.05, 3.63) is 11.3 Å². The van der Waals surface area contributed by atoms with Gasteiger partial charge in [0.25, 0.3) is 0 Å². The first-order valence-electron chi connectivity index (χ1n) is 4.80. The van der Waals surface area contributed by atoms with Gasteiger partial charge in [0, 0.05) is 31.4 Å². The fourth-order valence-corrected chi connectivity index (χ4v) is 2.20. The maximum Gasteiger partial charge on any atom is 0.0380 e. The molecule has 12 heavy (non-hydrogen) atoms. The van der Waals surface area contributed by atoms with Gasteiger partial charge in [-0.3, -0.25) is 0 Å². The first-order valence-corrected chi connectivity index (χ1v) is 4.80. The van der Waals surface area contributed by atoms with Crippen molar-refractivity contribution in [2.75, 3.05) is 13.6 Å². The fraction of sp³-hybridized carbons (Fsp3) is 0.700. The Labute approximate surface area is 73.8 Å². The number of nitrogens with one attached hydrogen (secondary N) is 1. The predicted molar refractivity (Wildman–Crippen MR) is 50.5 cm³/mol. The van der Waals surface area contributed by atoms with Crippen LogP contribution in [-0.4, -0.2) is 24.2 Å². The van der Waals surface area contributed by atoms with Crippen molar-refractivity contribution in [3.63, 3.8) is 0 Å². The van der Waals surface area contributed by atoms with Crippen molar-refractivity contribution in [1.29, 1.82) is 5.41 Å². The third-order valence-electron chi connectivity index (χ3n) is 2.96. The Bertz CT molecular complexity index is 240. The van der Waals surface area contributed by atoms with Crippen molar-refractivity contribution in [3.8, 4) is 0 Å². The van der Waals surface area contributed by atoms with E-state index in [4.69, 9.17) is 5.41 Å². The normalized spacial score (nSPS) is 24.4. The summed E-state index contributed by atoms with van der Waals surface area (Å²) in [4.78, 5) is 2.34. The SMILES string of the molecule is CN1CCC(=N)C2=C1CCCC2. The van der Waals surface area contributed by atoms with Crippen LogP contribution < -0.4 is 0 Å². The van der Waals surface area contributed by atoms with E-state index in [1.807, 2.05) is 0 Å². The third kappa shape index (κ3) is 1.15. The molecule has 0 saturated heterocycles. The largest absolute Gasteiger partial charge is 0.377 e. The summed E-state index contributed by atoms with van der Waals surface area (Å²) in [5, 5.41) is 7.82. The van der Waals surface area contributed by atoms with Gasteiger partial charge in [0.05, 0.1) is 0 Å². The molecule has 1 N–H and O–H groups in total. The van der Waals surface area contributed by atoms with Gasteiger partial charge in [0.1, 0.15) is 0 Å². The highest BCUT2D eigenvalue weighted by Gasteiger charge is 2.23. The highest BCUT2D eigenvalue weighted by molar-refractivity contribution is 5.99. The van der Waals surface area contributed by atoms with Crippen LogP contribution in [0.3, 0.4) is 0 Å². The van der Waals surface area contributed by atoms with Crippen LogP contribution in [0, 0.1) is 5.41 Å². The van der Waals surface area contributed by atoms with Crippen molar-refractivity contribution in [2.45, 2.75) is 32.1 Å². The lowest BCUT2D eigenvalue weighted by Crippen LogP contribution is -2.31. The second-order valence-corrected chi connectivity index (χ2v) is 3.78. The zero-order chi connectivity index (χ0) is 8.55. The fourth-order valence-electron chi connectivity index (χ4n) is 2.20. The third-order valence-corrected chi connectivity index (χ3v) is 2.96. The van der Waals surface area contributed by atoms with Crippen LogP contribution in [0.1, 0.15) is 32.1 Å². The van der Waals surface area contributed by atoms with Crippen LogP contribution in [0.15, 0.2) is 11.3 Å². The zero-order valence-electron chi connectivity index (χ0n) is 7.69. The molecular formula is C10H16N2. The number of hydrogen-bond acceptors (Lipinski definition) is 2. The summed E-state index contributed by atoms with van der Waals surface area (Å²) in [5.41, 5.74) is 3.72. The van der Waals surface area contributed by atoms with Gasteiger partial charge in [-0.1, -0.05) is 0 Å². The van der Waals surface area contributed by atoms with E-state index in [-0.39, 0.29) is 0 Å². The molecule has 0 aromatic heterocycles. The molecule has 1 aliphatic carbocycles. The number of allylic oxidation sites excluding steroid dienone is 2. The molecule has 1 aliphatic heterocycles. The standard InChI is InChI=1S/C10H16N2/c1-12-7-6-9(11)8-4-2-3-5-10(8)12/h11H,2-7H2,1H3. The summed E-state index contributed by atoms with van der Waals surface area (Å²) in [6.45, 7) is 1.05. The first kappa shape index (κ1) is 7.84. The smallest absolute Gasteiger partial charge is 0.0380 e. The molecular weight excluding hydrogens is 148 g/mol. The molecule has 0 fully saturated rings. The molecule has 0 spiro atoms. The highest BCUT2D eigenvalue weighted by Crippen LogP contribution is 2.30. The molecule has 0 atom stereocenters. The monoisotopic (exact) mass is 164 g/mol. The highest BCUT2D eigenvalue weighted by atomic mass is 15.1. The average molecular weight is 164 g/mol. The molecule has 2 aliphatic rings. The summed E-state index contributed by atoms with van der Waals surface area (Å²) in [7, 11) is 2.16. The van der Waals surface area contributed by atoms with Crippen LogP contribution in [0.2, 0.25) is 0 Å². The molecule has 2 heteroatoms. The van der Waals surface area contributed by atoms with Gasteiger partial charge in [-0.15, -0.1) is 0 Å². The number of rotatable bonds is 0. The first-order chi connectivity index (χ1) is 5.79. The number of nitrogens with zero attached hydrogens (tertiary/aromatic N) is 1. The zero-order valence-corrected chi connectivity index (χ0v) is 7.69. The molecule has 0 unspecified atom stereocenters. The molecule has 2 nitrogen and oxygen atoms in total. The molecule has 2 rings (SSSR count). The van der Waals surface area contributed by atoms with Gasteiger partial charge in [0.15, 0.2) is 0 Å². The maximum absolute atomic E-state index is 7.82. The van der Waals surface area contributed by atoms with Gasteiger partial charge in [-0.25, -0.2) is 0 Å². The van der Waals surface area contributed by atoms with E-state index < -0.39 is 0 Å². The summed E-state index contributed by atoms with van der Waals surface area (Å²) in [6, 6.07) is 0. The average Bonchev–Trinajstić information content (AvgIpc) is 2.12. The Morgan fingerprint density at radius 3 is 2.67 bits per heavy atom. The molecule has 0 bridgehead atoms. The Hall–Kier alpha value is -0.790. The van der Waals surface area contributed by atoms with Crippen LogP contribution in [0.4, 0.5) is 0 Å².